The van der Waals surface area contributed by atoms with E-state index in [4.69, 9.17) is 16.6 Å². The van der Waals surface area contributed by atoms with E-state index < -0.39 is 5.97 Å². The molecule has 2 saturated carbocycles. The Kier molecular flexibility index (Phi) is 6.87. The van der Waals surface area contributed by atoms with E-state index in [-0.39, 0.29) is 36.3 Å². The van der Waals surface area contributed by atoms with Gasteiger partial charge >= 0.3 is 5.97 Å². The van der Waals surface area contributed by atoms with E-state index in [0.717, 1.165) is 57.8 Å². The Hall–Kier alpha value is -1.79. The highest BCUT2D eigenvalue weighted by molar-refractivity contribution is 5.79. The van der Waals surface area contributed by atoms with Crippen LogP contribution in [0.2, 0.25) is 0 Å². The van der Waals surface area contributed by atoms with E-state index in [1.807, 2.05) is 0 Å². The van der Waals surface area contributed by atoms with Crippen LogP contribution in [0, 0.1) is 11.8 Å². The Bertz CT molecular complexity index is 468. The van der Waals surface area contributed by atoms with E-state index in [1.165, 1.54) is 0 Å². The summed E-state index contributed by atoms with van der Waals surface area (Å²) in [4.78, 5) is 27.3. The second kappa shape index (κ2) is 8.89. The number of rotatable bonds is 6. The minimum atomic E-state index is -0.724. The summed E-state index contributed by atoms with van der Waals surface area (Å²) in [6, 6.07) is 0.285. The number of amides is 1. The van der Waals surface area contributed by atoms with Gasteiger partial charge < -0.3 is 21.9 Å². The van der Waals surface area contributed by atoms with E-state index in [0.29, 0.717) is 5.92 Å². The molecule has 2 aliphatic rings. The maximum atomic E-state index is 12.5. The summed E-state index contributed by atoms with van der Waals surface area (Å²) in [5, 5.41) is 11.9. The number of carbonyl (C=O) groups excluding carboxylic acids is 1. The lowest BCUT2D eigenvalue weighted by molar-refractivity contribution is -0.137. The first kappa shape index (κ1) is 18.5. The van der Waals surface area contributed by atoms with Gasteiger partial charge in [-0.15, -0.1) is 0 Å². The quantitative estimate of drug-likeness (QED) is 0.429. The Morgan fingerprint density at radius 2 is 1.79 bits per heavy atom. The number of guanidine groups is 1. The molecule has 136 valence electrons. The molecule has 2 fully saturated rings. The number of carboxylic acids is 1. The summed E-state index contributed by atoms with van der Waals surface area (Å²) in [5.74, 6) is -0.0231. The molecule has 24 heavy (non-hydrogen) atoms. The van der Waals surface area contributed by atoms with Crippen LogP contribution < -0.4 is 16.8 Å². The van der Waals surface area contributed by atoms with Crippen molar-refractivity contribution < 1.29 is 14.7 Å². The molecule has 0 bridgehead atoms. The van der Waals surface area contributed by atoms with Crippen LogP contribution in [-0.4, -0.2) is 35.0 Å². The molecule has 2 rings (SSSR count). The third-order valence-corrected chi connectivity index (χ3v) is 5.31. The van der Waals surface area contributed by atoms with Gasteiger partial charge in [-0.25, -0.2) is 0 Å². The minimum absolute atomic E-state index is 0.00316. The standard InChI is InChI=1S/C17H30N4O3/c18-17(19)21-14-3-1-2-12(10-14)16(24)20-13-7-4-11(5-8-13)6-9-15(22)23/h11-14H,1-10H2,(H,20,24)(H,22,23)(H4,18,19,21). The van der Waals surface area contributed by atoms with Crippen LogP contribution >= 0.6 is 0 Å². The molecule has 6 N–H and O–H groups in total. The lowest BCUT2D eigenvalue weighted by Crippen LogP contribution is -2.42. The van der Waals surface area contributed by atoms with E-state index in [9.17, 15) is 9.59 Å². The highest BCUT2D eigenvalue weighted by Gasteiger charge is 2.29. The molecule has 0 aliphatic heterocycles. The van der Waals surface area contributed by atoms with Crippen molar-refractivity contribution in [3.63, 3.8) is 0 Å². The van der Waals surface area contributed by atoms with Crippen LogP contribution in [0.5, 0.6) is 0 Å². The molecule has 0 saturated heterocycles. The van der Waals surface area contributed by atoms with Crippen molar-refractivity contribution in [3.8, 4) is 0 Å². The molecule has 2 unspecified atom stereocenters. The number of nitrogens with zero attached hydrogens (tertiary/aromatic N) is 1. The number of nitrogens with one attached hydrogen (secondary N) is 1. The third kappa shape index (κ3) is 6.02. The van der Waals surface area contributed by atoms with Crippen molar-refractivity contribution >= 4 is 17.8 Å². The Morgan fingerprint density at radius 3 is 2.42 bits per heavy atom. The molecule has 0 aromatic rings. The number of nitrogens with two attached hydrogens (primary N) is 2. The number of carboxylic acid groups (broad SMARTS) is 1. The molecule has 0 aromatic heterocycles. The van der Waals surface area contributed by atoms with Crippen molar-refractivity contribution in [1.82, 2.24) is 5.32 Å². The molecule has 0 radical (unpaired) electrons. The number of aliphatic carboxylic acids is 1. The molecular formula is C17H30N4O3. The minimum Gasteiger partial charge on any atom is -0.481 e. The normalized spacial score (nSPS) is 30.3. The van der Waals surface area contributed by atoms with Crippen molar-refractivity contribution in [2.75, 3.05) is 0 Å². The van der Waals surface area contributed by atoms with E-state index in [2.05, 4.69) is 10.3 Å². The van der Waals surface area contributed by atoms with Crippen LogP contribution in [0.25, 0.3) is 0 Å². The van der Waals surface area contributed by atoms with Gasteiger partial charge in [-0.1, -0.05) is 6.42 Å². The smallest absolute Gasteiger partial charge is 0.303 e. The molecule has 1 amide bonds. The molecule has 2 aliphatic carbocycles. The molecule has 7 heteroatoms. The second-order valence-electron chi connectivity index (χ2n) is 7.23. The third-order valence-electron chi connectivity index (χ3n) is 5.31. The average molecular weight is 338 g/mol. The number of hydrogen-bond acceptors (Lipinski definition) is 3. The van der Waals surface area contributed by atoms with Gasteiger partial charge in [0.2, 0.25) is 5.91 Å². The molecular weight excluding hydrogens is 308 g/mol. The Morgan fingerprint density at radius 1 is 1.08 bits per heavy atom. The molecule has 0 spiro atoms. The Labute approximate surface area is 143 Å². The predicted molar refractivity (Wildman–Crippen MR) is 92.3 cm³/mol. The van der Waals surface area contributed by atoms with Gasteiger partial charge in [-0.05, 0) is 57.3 Å². The predicted octanol–water partition coefficient (Wildman–Crippen LogP) is 1.36. The average Bonchev–Trinajstić information content (AvgIpc) is 2.53. The first-order valence-corrected chi connectivity index (χ1v) is 9.05. The van der Waals surface area contributed by atoms with Crippen LogP contribution in [0.3, 0.4) is 0 Å². The van der Waals surface area contributed by atoms with Gasteiger partial charge in [-0.3, -0.25) is 14.6 Å². The number of carbonyl (C=O) groups is 2. The summed E-state index contributed by atoms with van der Waals surface area (Å²) in [7, 11) is 0. The van der Waals surface area contributed by atoms with E-state index in [1.54, 1.807) is 0 Å². The highest BCUT2D eigenvalue weighted by atomic mass is 16.4. The first-order chi connectivity index (χ1) is 11.4. The zero-order valence-corrected chi connectivity index (χ0v) is 14.2. The second-order valence-corrected chi connectivity index (χ2v) is 7.23. The summed E-state index contributed by atoms with van der Waals surface area (Å²) >= 11 is 0. The number of aliphatic imine (C=N–C) groups is 1. The zero-order valence-electron chi connectivity index (χ0n) is 14.2. The summed E-state index contributed by atoms with van der Waals surface area (Å²) in [6.07, 6.45) is 8.42. The molecule has 0 heterocycles. The van der Waals surface area contributed by atoms with Crippen molar-refractivity contribution in [2.45, 2.75) is 76.3 Å². The van der Waals surface area contributed by atoms with Crippen LogP contribution in [-0.2, 0) is 9.59 Å². The molecule has 0 aromatic carbocycles. The maximum Gasteiger partial charge on any atom is 0.303 e. The fraction of sp³-hybridized carbons (Fsp3) is 0.824. The van der Waals surface area contributed by atoms with Crippen molar-refractivity contribution in [3.05, 3.63) is 0 Å². The monoisotopic (exact) mass is 338 g/mol. The zero-order chi connectivity index (χ0) is 17.5. The van der Waals surface area contributed by atoms with Crippen LogP contribution in [0.4, 0.5) is 0 Å². The lowest BCUT2D eigenvalue weighted by Gasteiger charge is -2.32. The molecule has 2 atom stereocenters. The van der Waals surface area contributed by atoms with Gasteiger partial charge in [0.15, 0.2) is 5.96 Å². The van der Waals surface area contributed by atoms with Crippen LogP contribution in [0.1, 0.15) is 64.2 Å². The largest absolute Gasteiger partial charge is 0.481 e. The fourth-order valence-corrected chi connectivity index (χ4v) is 3.97. The topological polar surface area (TPSA) is 131 Å². The van der Waals surface area contributed by atoms with Gasteiger partial charge in [0, 0.05) is 18.4 Å². The SMILES string of the molecule is NC(N)=NC1CCCC(C(=O)NC2CCC(CCC(=O)O)CC2)C1. The van der Waals surface area contributed by atoms with Gasteiger partial charge in [-0.2, -0.15) is 0 Å². The summed E-state index contributed by atoms with van der Waals surface area (Å²) < 4.78 is 0. The Balaban J connectivity index is 1.73. The van der Waals surface area contributed by atoms with E-state index >= 15 is 0 Å². The first-order valence-electron chi connectivity index (χ1n) is 9.05. The summed E-state index contributed by atoms with van der Waals surface area (Å²) in [5.41, 5.74) is 10.9. The maximum absolute atomic E-state index is 12.5. The fourth-order valence-electron chi connectivity index (χ4n) is 3.97. The van der Waals surface area contributed by atoms with Crippen molar-refractivity contribution in [1.29, 1.82) is 0 Å². The van der Waals surface area contributed by atoms with Crippen molar-refractivity contribution in [2.24, 2.45) is 28.3 Å². The van der Waals surface area contributed by atoms with Gasteiger partial charge in [0.25, 0.3) is 0 Å². The highest BCUT2D eigenvalue weighted by Crippen LogP contribution is 2.30. The van der Waals surface area contributed by atoms with Gasteiger partial charge in [0.05, 0.1) is 6.04 Å². The molecule has 7 nitrogen and oxygen atoms in total. The lowest BCUT2D eigenvalue weighted by atomic mass is 9.82. The summed E-state index contributed by atoms with van der Waals surface area (Å²) in [6.45, 7) is 0. The number of hydrogen-bond donors (Lipinski definition) is 4. The van der Waals surface area contributed by atoms with Gasteiger partial charge in [0.1, 0.15) is 0 Å². The van der Waals surface area contributed by atoms with Crippen LogP contribution in [0.15, 0.2) is 4.99 Å².